The Morgan fingerprint density at radius 2 is 1.94 bits per heavy atom. The van der Waals surface area contributed by atoms with Crippen molar-refractivity contribution in [3.8, 4) is 0 Å². The van der Waals surface area contributed by atoms with Crippen molar-refractivity contribution < 1.29 is 4.79 Å². The van der Waals surface area contributed by atoms with E-state index in [1.165, 1.54) is 10.2 Å². The molecule has 1 saturated heterocycles. The molecular weight excluding hydrogens is 414 g/mol. The lowest BCUT2D eigenvalue weighted by atomic mass is 9.95. The zero-order valence-electron chi connectivity index (χ0n) is 20.4. The van der Waals surface area contributed by atoms with Gasteiger partial charge in [-0.3, -0.25) is 14.5 Å². The Morgan fingerprint density at radius 3 is 2.58 bits per heavy atom. The van der Waals surface area contributed by atoms with Crippen LogP contribution in [0.3, 0.4) is 0 Å². The summed E-state index contributed by atoms with van der Waals surface area (Å²) in [5.41, 5.74) is 2.12. The van der Waals surface area contributed by atoms with Crippen molar-refractivity contribution in [2.24, 2.45) is 5.92 Å². The van der Waals surface area contributed by atoms with E-state index < -0.39 is 0 Å². The maximum atomic E-state index is 12.7. The van der Waals surface area contributed by atoms with Gasteiger partial charge >= 0.3 is 0 Å². The van der Waals surface area contributed by atoms with Gasteiger partial charge in [-0.15, -0.1) is 0 Å². The van der Waals surface area contributed by atoms with Gasteiger partial charge in [0.2, 0.25) is 5.91 Å². The Labute approximate surface area is 197 Å². The fourth-order valence-electron chi connectivity index (χ4n) is 4.35. The van der Waals surface area contributed by atoms with Gasteiger partial charge in [0, 0.05) is 57.3 Å². The van der Waals surface area contributed by atoms with E-state index >= 15 is 0 Å². The van der Waals surface area contributed by atoms with Gasteiger partial charge < -0.3 is 10.2 Å². The van der Waals surface area contributed by atoms with E-state index in [0.29, 0.717) is 19.1 Å². The first-order chi connectivity index (χ1) is 16.0. The zero-order chi connectivity index (χ0) is 23.6. The molecule has 3 rings (SSSR count). The number of nitrogens with zero attached hydrogens (tertiary/aromatic N) is 4. The molecule has 180 valence electrons. The second-order valence-electron chi connectivity index (χ2n) is 9.23. The SMILES string of the molecule is CCCn1ncc(N2CCC(C(=O)NCCCN(Cc3ccccc3)C(C)C)CC2)cc1=O. The molecule has 2 aromatic rings. The first kappa shape index (κ1) is 25.0. The average Bonchev–Trinajstić information content (AvgIpc) is 2.83. The molecule has 0 radical (unpaired) electrons. The molecule has 1 aliphatic rings. The van der Waals surface area contributed by atoms with Gasteiger partial charge in [0.25, 0.3) is 5.56 Å². The molecule has 0 atom stereocenters. The van der Waals surface area contributed by atoms with Crippen molar-refractivity contribution >= 4 is 11.6 Å². The van der Waals surface area contributed by atoms with Crippen LogP contribution in [0.2, 0.25) is 0 Å². The maximum absolute atomic E-state index is 12.7. The Bertz CT molecular complexity index is 920. The standard InChI is InChI=1S/C26H39N5O2/c1-4-14-31-25(32)18-24(19-28-31)29-16-11-23(12-17-29)26(33)27-13-8-15-30(21(2)3)20-22-9-6-5-7-10-22/h5-7,9-10,18-19,21,23H,4,8,11-17,20H2,1-3H3,(H,27,33). The summed E-state index contributed by atoms with van der Waals surface area (Å²) in [5.74, 6) is 0.200. The summed E-state index contributed by atoms with van der Waals surface area (Å²) in [7, 11) is 0. The van der Waals surface area contributed by atoms with E-state index in [1.807, 2.05) is 13.0 Å². The van der Waals surface area contributed by atoms with E-state index in [0.717, 1.165) is 57.5 Å². The van der Waals surface area contributed by atoms with Gasteiger partial charge in [0.1, 0.15) is 0 Å². The van der Waals surface area contributed by atoms with Gasteiger partial charge in [-0.2, -0.15) is 5.10 Å². The maximum Gasteiger partial charge on any atom is 0.268 e. The topological polar surface area (TPSA) is 70.5 Å². The molecule has 0 saturated carbocycles. The molecule has 0 spiro atoms. The molecular formula is C26H39N5O2. The lowest BCUT2D eigenvalue weighted by Gasteiger charge is -2.32. The first-order valence-electron chi connectivity index (χ1n) is 12.4. The largest absolute Gasteiger partial charge is 0.370 e. The van der Waals surface area contributed by atoms with Crippen molar-refractivity contribution in [2.45, 2.75) is 65.6 Å². The number of amides is 1. The lowest BCUT2D eigenvalue weighted by molar-refractivity contribution is -0.125. The Morgan fingerprint density at radius 1 is 1.21 bits per heavy atom. The second kappa shape index (κ2) is 12.5. The monoisotopic (exact) mass is 453 g/mol. The van der Waals surface area contributed by atoms with Crippen LogP contribution in [0.15, 0.2) is 47.4 Å². The van der Waals surface area contributed by atoms with E-state index in [2.05, 4.69) is 58.3 Å². The Hall–Kier alpha value is -2.67. The third-order valence-corrected chi connectivity index (χ3v) is 6.40. The minimum Gasteiger partial charge on any atom is -0.370 e. The van der Waals surface area contributed by atoms with Crippen molar-refractivity contribution in [3.63, 3.8) is 0 Å². The van der Waals surface area contributed by atoms with Crippen molar-refractivity contribution in [2.75, 3.05) is 31.1 Å². The third kappa shape index (κ3) is 7.42. The summed E-state index contributed by atoms with van der Waals surface area (Å²) in [6.07, 6.45) is 5.20. The zero-order valence-corrected chi connectivity index (χ0v) is 20.4. The molecule has 1 aliphatic heterocycles. The summed E-state index contributed by atoms with van der Waals surface area (Å²) in [5, 5.41) is 7.43. The number of aryl methyl sites for hydroxylation is 1. The molecule has 0 bridgehead atoms. The first-order valence-corrected chi connectivity index (χ1v) is 12.4. The molecule has 33 heavy (non-hydrogen) atoms. The quantitative estimate of drug-likeness (QED) is 0.529. The highest BCUT2D eigenvalue weighted by Crippen LogP contribution is 2.22. The Balaban J connectivity index is 1.39. The number of nitrogens with one attached hydrogen (secondary N) is 1. The van der Waals surface area contributed by atoms with E-state index in [9.17, 15) is 9.59 Å². The number of piperidine rings is 1. The number of carbonyl (C=O) groups is 1. The number of benzene rings is 1. The molecule has 7 nitrogen and oxygen atoms in total. The molecule has 0 unspecified atom stereocenters. The van der Waals surface area contributed by atoms with Gasteiger partial charge in [0.15, 0.2) is 0 Å². The van der Waals surface area contributed by atoms with Crippen LogP contribution < -0.4 is 15.8 Å². The smallest absolute Gasteiger partial charge is 0.268 e. The fourth-order valence-corrected chi connectivity index (χ4v) is 4.35. The van der Waals surface area contributed by atoms with Gasteiger partial charge in [-0.05, 0) is 45.1 Å². The lowest BCUT2D eigenvalue weighted by Crippen LogP contribution is -2.42. The summed E-state index contributed by atoms with van der Waals surface area (Å²) in [6.45, 7) is 11.3. The minimum absolute atomic E-state index is 0.0418. The summed E-state index contributed by atoms with van der Waals surface area (Å²) in [4.78, 5) is 29.5. The number of carbonyl (C=O) groups excluding carboxylic acids is 1. The highest BCUT2D eigenvalue weighted by Gasteiger charge is 2.25. The summed E-state index contributed by atoms with van der Waals surface area (Å²) in [6, 6.07) is 12.7. The highest BCUT2D eigenvalue weighted by atomic mass is 16.2. The minimum atomic E-state index is -0.0584. The van der Waals surface area contributed by atoms with Crippen LogP contribution >= 0.6 is 0 Å². The van der Waals surface area contributed by atoms with E-state index in [1.54, 1.807) is 12.3 Å². The number of rotatable bonds is 11. The Kier molecular flexibility index (Phi) is 9.48. The summed E-state index contributed by atoms with van der Waals surface area (Å²) < 4.78 is 1.50. The highest BCUT2D eigenvalue weighted by molar-refractivity contribution is 5.78. The van der Waals surface area contributed by atoms with Crippen LogP contribution in [0.5, 0.6) is 0 Å². The fraction of sp³-hybridized carbons (Fsp3) is 0.577. The van der Waals surface area contributed by atoms with Gasteiger partial charge in [0.05, 0.1) is 11.9 Å². The molecule has 1 aromatic heterocycles. The third-order valence-electron chi connectivity index (χ3n) is 6.40. The van der Waals surface area contributed by atoms with Crippen LogP contribution in [0.25, 0.3) is 0 Å². The number of hydrogen-bond acceptors (Lipinski definition) is 5. The molecule has 1 aromatic carbocycles. The van der Waals surface area contributed by atoms with E-state index in [4.69, 9.17) is 0 Å². The van der Waals surface area contributed by atoms with Crippen LogP contribution in [0, 0.1) is 5.92 Å². The van der Waals surface area contributed by atoms with Gasteiger partial charge in [-0.1, -0.05) is 37.3 Å². The normalized spacial score (nSPS) is 14.8. The van der Waals surface area contributed by atoms with Crippen molar-refractivity contribution in [3.05, 3.63) is 58.5 Å². The predicted molar refractivity (Wildman–Crippen MR) is 133 cm³/mol. The van der Waals surface area contributed by atoms with Crippen LogP contribution in [0.1, 0.15) is 52.0 Å². The number of anilines is 1. The summed E-state index contributed by atoms with van der Waals surface area (Å²) >= 11 is 0. The van der Waals surface area contributed by atoms with Crippen LogP contribution in [0.4, 0.5) is 5.69 Å². The van der Waals surface area contributed by atoms with Gasteiger partial charge in [-0.25, -0.2) is 4.68 Å². The molecule has 1 N–H and O–H groups in total. The van der Waals surface area contributed by atoms with Crippen molar-refractivity contribution in [1.82, 2.24) is 20.0 Å². The average molecular weight is 454 g/mol. The number of aromatic nitrogens is 2. The van der Waals surface area contributed by atoms with Crippen LogP contribution in [-0.4, -0.2) is 52.8 Å². The molecule has 7 heteroatoms. The van der Waals surface area contributed by atoms with E-state index in [-0.39, 0.29) is 17.4 Å². The molecule has 1 amide bonds. The molecule has 2 heterocycles. The molecule has 0 aliphatic carbocycles. The van der Waals surface area contributed by atoms with Crippen molar-refractivity contribution in [1.29, 1.82) is 0 Å². The second-order valence-corrected chi connectivity index (χ2v) is 9.23. The predicted octanol–water partition coefficient (Wildman–Crippen LogP) is 3.29. The van der Waals surface area contributed by atoms with Crippen LogP contribution in [-0.2, 0) is 17.9 Å². The number of hydrogen-bond donors (Lipinski definition) is 1. The molecule has 1 fully saturated rings.